The van der Waals surface area contributed by atoms with Crippen molar-refractivity contribution in [3.8, 4) is 0 Å². The van der Waals surface area contributed by atoms with Crippen LogP contribution in [0.15, 0.2) is 54.1 Å². The van der Waals surface area contributed by atoms with Crippen LogP contribution in [0.5, 0.6) is 0 Å². The number of ether oxygens (including phenoxy) is 1. The molecule has 1 amide bonds. The minimum absolute atomic E-state index is 0.167. The van der Waals surface area contributed by atoms with E-state index in [0.29, 0.717) is 13.0 Å². The Morgan fingerprint density at radius 2 is 2.05 bits per heavy atom. The van der Waals surface area contributed by atoms with Gasteiger partial charge in [-0.2, -0.15) is 0 Å². The Balaban J connectivity index is 2.20. The number of amides is 1. The van der Waals surface area contributed by atoms with Crippen molar-refractivity contribution < 1.29 is 14.3 Å². The first-order valence-electron chi connectivity index (χ1n) is 6.81. The summed E-state index contributed by atoms with van der Waals surface area (Å²) in [6.07, 6.45) is 1.99. The second-order valence-electron chi connectivity index (χ2n) is 5.14. The molecule has 4 heteroatoms. The van der Waals surface area contributed by atoms with Crippen molar-refractivity contribution in [2.45, 2.75) is 19.4 Å². The summed E-state index contributed by atoms with van der Waals surface area (Å²) < 4.78 is 4.86. The summed E-state index contributed by atoms with van der Waals surface area (Å²) in [6.45, 7) is 6.11. The lowest BCUT2D eigenvalue weighted by atomic mass is 10.0. The van der Waals surface area contributed by atoms with Gasteiger partial charge in [-0.1, -0.05) is 42.5 Å². The molecule has 0 bridgehead atoms. The molecule has 0 aliphatic carbocycles. The van der Waals surface area contributed by atoms with Gasteiger partial charge in [-0.05, 0) is 18.1 Å². The van der Waals surface area contributed by atoms with E-state index in [1.807, 2.05) is 37.3 Å². The number of carbonyl (C=O) groups is 2. The summed E-state index contributed by atoms with van der Waals surface area (Å²) in [4.78, 5) is 25.8. The maximum atomic E-state index is 12.1. The fraction of sp³-hybridized carbons (Fsp3) is 0.294. The average Bonchev–Trinajstić information content (AvgIpc) is 2.87. The predicted molar refractivity (Wildman–Crippen MR) is 80.6 cm³/mol. The molecule has 110 valence electrons. The molecule has 0 spiro atoms. The number of rotatable bonds is 5. The fourth-order valence-electron chi connectivity index (χ4n) is 2.36. The number of hydrogen-bond acceptors (Lipinski definition) is 3. The zero-order chi connectivity index (χ0) is 15.4. The first-order valence-corrected chi connectivity index (χ1v) is 6.81. The number of nitrogens with zero attached hydrogens (tertiary/aromatic N) is 1. The number of esters is 1. The maximum Gasteiger partial charge on any atom is 0.328 e. The monoisotopic (exact) mass is 285 g/mol. The highest BCUT2D eigenvalue weighted by atomic mass is 16.5. The highest BCUT2D eigenvalue weighted by Crippen LogP contribution is 2.21. The second kappa shape index (κ2) is 6.39. The summed E-state index contributed by atoms with van der Waals surface area (Å²) in [5.41, 5.74) is 2.70. The van der Waals surface area contributed by atoms with Gasteiger partial charge in [0.1, 0.15) is 6.04 Å². The van der Waals surface area contributed by atoms with Gasteiger partial charge in [0, 0.05) is 19.0 Å². The third kappa shape index (κ3) is 3.40. The van der Waals surface area contributed by atoms with Crippen molar-refractivity contribution in [1.29, 1.82) is 0 Å². The van der Waals surface area contributed by atoms with Crippen molar-refractivity contribution in [3.63, 3.8) is 0 Å². The zero-order valence-corrected chi connectivity index (χ0v) is 12.3. The molecule has 1 atom stereocenters. The third-order valence-corrected chi connectivity index (χ3v) is 3.59. The smallest absolute Gasteiger partial charge is 0.328 e. The standard InChI is InChI=1S/C17H19NO3/c1-12(2)14-10-16(19)18(11-14)15(17(20)21-3)9-13-7-5-4-6-8-13/h4-8,10,15H,1,9,11H2,2-3H3. The molecule has 0 aromatic heterocycles. The summed E-state index contributed by atoms with van der Waals surface area (Å²) >= 11 is 0. The van der Waals surface area contributed by atoms with Crippen LogP contribution >= 0.6 is 0 Å². The topological polar surface area (TPSA) is 46.6 Å². The molecule has 1 unspecified atom stereocenters. The summed E-state index contributed by atoms with van der Waals surface area (Å²) in [6, 6.07) is 8.99. The molecule has 2 rings (SSSR count). The average molecular weight is 285 g/mol. The first kappa shape index (κ1) is 15.0. The van der Waals surface area contributed by atoms with Gasteiger partial charge in [-0.15, -0.1) is 0 Å². The molecule has 1 aliphatic heterocycles. The maximum absolute atomic E-state index is 12.1. The first-order chi connectivity index (χ1) is 10.0. The lowest BCUT2D eigenvalue weighted by molar-refractivity contribution is -0.150. The van der Waals surface area contributed by atoms with Crippen molar-refractivity contribution >= 4 is 11.9 Å². The van der Waals surface area contributed by atoms with Gasteiger partial charge in [0.15, 0.2) is 0 Å². The largest absolute Gasteiger partial charge is 0.467 e. The Bertz CT molecular complexity index is 589. The predicted octanol–water partition coefficient (Wildman–Crippen LogP) is 2.12. The van der Waals surface area contributed by atoms with Crippen molar-refractivity contribution in [3.05, 3.63) is 59.7 Å². The SMILES string of the molecule is C=C(C)C1=CC(=O)N(C(Cc2ccccc2)C(=O)OC)C1. The minimum atomic E-state index is -0.613. The molecule has 1 aromatic rings. The van der Waals surface area contributed by atoms with Crippen LogP contribution in [0.3, 0.4) is 0 Å². The Morgan fingerprint density at radius 3 is 2.57 bits per heavy atom. The van der Waals surface area contributed by atoms with Crippen LogP contribution in [-0.4, -0.2) is 36.5 Å². The Kier molecular flexibility index (Phi) is 4.58. The molecule has 21 heavy (non-hydrogen) atoms. The summed E-state index contributed by atoms with van der Waals surface area (Å²) in [5, 5.41) is 0. The number of benzene rings is 1. The van der Waals surface area contributed by atoms with E-state index >= 15 is 0 Å². The second-order valence-corrected chi connectivity index (χ2v) is 5.14. The van der Waals surface area contributed by atoms with E-state index < -0.39 is 12.0 Å². The molecular formula is C17H19NO3. The normalized spacial score (nSPS) is 15.6. The van der Waals surface area contributed by atoms with E-state index in [0.717, 1.165) is 16.7 Å². The van der Waals surface area contributed by atoms with Crippen LogP contribution in [-0.2, 0) is 20.7 Å². The highest BCUT2D eigenvalue weighted by Gasteiger charge is 2.34. The van der Waals surface area contributed by atoms with E-state index in [4.69, 9.17) is 4.74 Å². The van der Waals surface area contributed by atoms with Gasteiger partial charge in [0.2, 0.25) is 5.91 Å². The van der Waals surface area contributed by atoms with Crippen molar-refractivity contribution in [1.82, 2.24) is 4.90 Å². The van der Waals surface area contributed by atoms with Gasteiger partial charge >= 0.3 is 5.97 Å². The molecular weight excluding hydrogens is 266 g/mol. The lowest BCUT2D eigenvalue weighted by Gasteiger charge is -2.26. The molecule has 0 saturated heterocycles. The van der Waals surface area contributed by atoms with Crippen LogP contribution in [0, 0.1) is 0 Å². The zero-order valence-electron chi connectivity index (χ0n) is 12.3. The van der Waals surface area contributed by atoms with Crippen molar-refractivity contribution in [2.75, 3.05) is 13.7 Å². The van der Waals surface area contributed by atoms with Crippen LogP contribution in [0.2, 0.25) is 0 Å². The summed E-state index contributed by atoms with van der Waals surface area (Å²) in [7, 11) is 1.34. The molecule has 0 radical (unpaired) electrons. The van der Waals surface area contributed by atoms with Crippen LogP contribution in [0.25, 0.3) is 0 Å². The molecule has 4 nitrogen and oxygen atoms in total. The van der Waals surface area contributed by atoms with Gasteiger partial charge < -0.3 is 9.64 Å². The molecule has 0 fully saturated rings. The highest BCUT2D eigenvalue weighted by molar-refractivity contribution is 5.95. The number of hydrogen-bond donors (Lipinski definition) is 0. The minimum Gasteiger partial charge on any atom is -0.467 e. The van der Waals surface area contributed by atoms with E-state index in [9.17, 15) is 9.59 Å². The van der Waals surface area contributed by atoms with Crippen LogP contribution in [0.1, 0.15) is 12.5 Å². The van der Waals surface area contributed by atoms with Crippen LogP contribution < -0.4 is 0 Å². The molecule has 1 aliphatic rings. The third-order valence-electron chi connectivity index (χ3n) is 3.59. The van der Waals surface area contributed by atoms with Gasteiger partial charge in [0.05, 0.1) is 7.11 Å². The van der Waals surface area contributed by atoms with E-state index in [-0.39, 0.29) is 5.91 Å². The molecule has 0 N–H and O–H groups in total. The molecule has 0 saturated carbocycles. The Morgan fingerprint density at radius 1 is 1.38 bits per heavy atom. The van der Waals surface area contributed by atoms with E-state index in [2.05, 4.69) is 6.58 Å². The molecule has 1 aromatic carbocycles. The molecule has 1 heterocycles. The van der Waals surface area contributed by atoms with Crippen molar-refractivity contribution in [2.24, 2.45) is 0 Å². The number of methoxy groups -OCH3 is 1. The Hall–Kier alpha value is -2.36. The lowest BCUT2D eigenvalue weighted by Crippen LogP contribution is -2.44. The Labute approximate surface area is 124 Å². The van der Waals surface area contributed by atoms with Crippen LogP contribution in [0.4, 0.5) is 0 Å². The van der Waals surface area contributed by atoms with Gasteiger partial charge in [0.25, 0.3) is 0 Å². The fourth-order valence-corrected chi connectivity index (χ4v) is 2.36. The van der Waals surface area contributed by atoms with E-state index in [1.165, 1.54) is 7.11 Å². The number of carbonyl (C=O) groups excluding carboxylic acids is 2. The van der Waals surface area contributed by atoms with Gasteiger partial charge in [-0.25, -0.2) is 4.79 Å². The van der Waals surface area contributed by atoms with E-state index in [1.54, 1.807) is 11.0 Å². The quantitative estimate of drug-likeness (QED) is 0.778. The van der Waals surface area contributed by atoms with Gasteiger partial charge in [-0.3, -0.25) is 4.79 Å². The summed E-state index contributed by atoms with van der Waals surface area (Å²) in [5.74, 6) is -0.567.